The highest BCUT2D eigenvalue weighted by molar-refractivity contribution is 7.89. The highest BCUT2D eigenvalue weighted by atomic mass is 32.2. The summed E-state index contributed by atoms with van der Waals surface area (Å²) in [5, 5.41) is 0. The number of nitrogens with one attached hydrogen (secondary N) is 1. The number of rotatable bonds is 5. The van der Waals surface area contributed by atoms with Crippen molar-refractivity contribution in [2.75, 3.05) is 13.7 Å². The maximum absolute atomic E-state index is 12.0. The fourth-order valence-electron chi connectivity index (χ4n) is 1.78. The number of nitrogens with two attached hydrogens (primary N) is 1. The van der Waals surface area contributed by atoms with Gasteiger partial charge in [-0.25, -0.2) is 18.1 Å². The van der Waals surface area contributed by atoms with Crippen LogP contribution in [0.1, 0.15) is 19.3 Å². The van der Waals surface area contributed by atoms with Crippen LogP contribution in [-0.4, -0.2) is 32.6 Å². The molecule has 0 amide bonds. The van der Waals surface area contributed by atoms with Gasteiger partial charge in [0, 0.05) is 18.2 Å². The summed E-state index contributed by atoms with van der Waals surface area (Å²) in [6.45, 7) is 0.265. The van der Waals surface area contributed by atoms with Crippen LogP contribution in [0.15, 0.2) is 23.2 Å². The minimum atomic E-state index is -3.54. The summed E-state index contributed by atoms with van der Waals surface area (Å²) < 4.78 is 31.3. The van der Waals surface area contributed by atoms with Crippen molar-refractivity contribution in [3.63, 3.8) is 0 Å². The Morgan fingerprint density at radius 1 is 1.50 bits per heavy atom. The standard InChI is InChI=1S/C11H17N3O3S/c1-17-10-4-3-9(7-13-10)18(15,16)14-8-11(12)5-2-6-11/h3-4,7,14H,2,5-6,8,12H2,1H3. The molecule has 1 heterocycles. The Labute approximate surface area is 107 Å². The van der Waals surface area contributed by atoms with Crippen LogP contribution in [0.2, 0.25) is 0 Å². The van der Waals surface area contributed by atoms with Gasteiger partial charge in [-0.3, -0.25) is 0 Å². The fraction of sp³-hybridized carbons (Fsp3) is 0.545. The lowest BCUT2D eigenvalue weighted by Crippen LogP contribution is -2.54. The molecule has 2 rings (SSSR count). The van der Waals surface area contributed by atoms with Gasteiger partial charge in [0.15, 0.2) is 0 Å². The third kappa shape index (κ3) is 2.80. The van der Waals surface area contributed by atoms with Crippen molar-refractivity contribution in [2.45, 2.75) is 29.7 Å². The zero-order valence-electron chi connectivity index (χ0n) is 10.2. The van der Waals surface area contributed by atoms with E-state index in [1.807, 2.05) is 0 Å². The number of methoxy groups -OCH3 is 1. The van der Waals surface area contributed by atoms with E-state index >= 15 is 0 Å². The first-order chi connectivity index (χ1) is 8.45. The van der Waals surface area contributed by atoms with Gasteiger partial charge in [0.1, 0.15) is 4.90 Å². The lowest BCUT2D eigenvalue weighted by atomic mass is 9.78. The summed E-state index contributed by atoms with van der Waals surface area (Å²) in [4.78, 5) is 3.99. The average molecular weight is 271 g/mol. The lowest BCUT2D eigenvalue weighted by Gasteiger charge is -2.37. The Hall–Kier alpha value is -1.18. The third-order valence-electron chi connectivity index (χ3n) is 3.19. The number of sulfonamides is 1. The molecule has 1 saturated carbocycles. The van der Waals surface area contributed by atoms with Crippen molar-refractivity contribution in [2.24, 2.45) is 5.73 Å². The molecule has 0 aliphatic heterocycles. The minimum absolute atomic E-state index is 0.117. The van der Waals surface area contributed by atoms with Crippen molar-refractivity contribution < 1.29 is 13.2 Å². The van der Waals surface area contributed by atoms with Gasteiger partial charge in [0.25, 0.3) is 0 Å². The minimum Gasteiger partial charge on any atom is -0.481 e. The van der Waals surface area contributed by atoms with E-state index in [-0.39, 0.29) is 17.0 Å². The molecule has 1 aromatic rings. The summed E-state index contributed by atoms with van der Waals surface area (Å²) in [6, 6.07) is 2.97. The van der Waals surface area contributed by atoms with Gasteiger partial charge in [-0.15, -0.1) is 0 Å². The summed E-state index contributed by atoms with van der Waals surface area (Å²) in [5.41, 5.74) is 5.59. The van der Waals surface area contributed by atoms with Gasteiger partial charge >= 0.3 is 0 Å². The predicted octanol–water partition coefficient (Wildman–Crippen LogP) is 0.250. The highest BCUT2D eigenvalue weighted by Crippen LogP contribution is 2.28. The SMILES string of the molecule is COc1ccc(S(=O)(=O)NCC2(N)CCC2)cn1. The van der Waals surface area contributed by atoms with Crippen LogP contribution in [0.25, 0.3) is 0 Å². The normalized spacial score (nSPS) is 18.1. The number of pyridine rings is 1. The number of hydrogen-bond donors (Lipinski definition) is 2. The van der Waals surface area contributed by atoms with Gasteiger partial charge < -0.3 is 10.5 Å². The van der Waals surface area contributed by atoms with E-state index in [1.54, 1.807) is 0 Å². The quantitative estimate of drug-likeness (QED) is 0.800. The van der Waals surface area contributed by atoms with Crippen LogP contribution in [-0.2, 0) is 10.0 Å². The number of hydrogen-bond acceptors (Lipinski definition) is 5. The van der Waals surface area contributed by atoms with E-state index in [9.17, 15) is 8.42 Å². The maximum Gasteiger partial charge on any atom is 0.242 e. The molecule has 3 N–H and O–H groups in total. The van der Waals surface area contributed by atoms with Crippen LogP contribution >= 0.6 is 0 Å². The van der Waals surface area contributed by atoms with Crippen LogP contribution in [0, 0.1) is 0 Å². The molecule has 100 valence electrons. The van der Waals surface area contributed by atoms with Gasteiger partial charge in [-0.1, -0.05) is 0 Å². The van der Waals surface area contributed by atoms with Crippen LogP contribution < -0.4 is 15.2 Å². The Morgan fingerprint density at radius 2 is 2.22 bits per heavy atom. The van der Waals surface area contributed by atoms with Gasteiger partial charge in [0.05, 0.1) is 13.3 Å². The molecule has 0 radical (unpaired) electrons. The van der Waals surface area contributed by atoms with Crippen LogP contribution in [0.4, 0.5) is 0 Å². The molecule has 0 unspecified atom stereocenters. The highest BCUT2D eigenvalue weighted by Gasteiger charge is 2.33. The molecular formula is C11H17N3O3S. The monoisotopic (exact) mass is 271 g/mol. The summed E-state index contributed by atoms with van der Waals surface area (Å²) >= 11 is 0. The molecule has 7 heteroatoms. The second-order valence-electron chi connectivity index (χ2n) is 4.58. The van der Waals surface area contributed by atoms with E-state index in [4.69, 9.17) is 10.5 Å². The van der Waals surface area contributed by atoms with Crippen molar-refractivity contribution in [1.82, 2.24) is 9.71 Å². The first-order valence-corrected chi connectivity index (χ1v) is 7.22. The summed E-state index contributed by atoms with van der Waals surface area (Å²) in [5.74, 6) is 0.378. The Morgan fingerprint density at radius 3 is 2.67 bits per heavy atom. The number of nitrogens with zero attached hydrogens (tertiary/aromatic N) is 1. The van der Waals surface area contributed by atoms with E-state index in [2.05, 4.69) is 9.71 Å². The second-order valence-corrected chi connectivity index (χ2v) is 6.34. The number of ether oxygens (including phenoxy) is 1. The molecule has 18 heavy (non-hydrogen) atoms. The summed E-state index contributed by atoms with van der Waals surface area (Å²) in [6.07, 6.45) is 4.04. The Kier molecular flexibility index (Phi) is 3.56. The van der Waals surface area contributed by atoms with Crippen molar-refractivity contribution in [1.29, 1.82) is 0 Å². The van der Waals surface area contributed by atoms with Gasteiger partial charge in [0.2, 0.25) is 15.9 Å². The molecule has 0 aromatic carbocycles. The fourth-order valence-corrected chi connectivity index (χ4v) is 2.86. The maximum atomic E-state index is 12.0. The molecule has 1 aromatic heterocycles. The van der Waals surface area contributed by atoms with E-state index in [0.717, 1.165) is 19.3 Å². The summed E-state index contributed by atoms with van der Waals surface area (Å²) in [7, 11) is -2.07. The van der Waals surface area contributed by atoms with Crippen LogP contribution in [0.3, 0.4) is 0 Å². The average Bonchev–Trinajstić information content (AvgIpc) is 2.34. The molecule has 6 nitrogen and oxygen atoms in total. The largest absolute Gasteiger partial charge is 0.481 e. The van der Waals surface area contributed by atoms with E-state index < -0.39 is 10.0 Å². The van der Waals surface area contributed by atoms with Crippen molar-refractivity contribution in [3.05, 3.63) is 18.3 Å². The van der Waals surface area contributed by atoms with Crippen LogP contribution in [0.5, 0.6) is 5.88 Å². The smallest absolute Gasteiger partial charge is 0.242 e. The molecule has 1 aliphatic rings. The molecule has 0 saturated heterocycles. The molecule has 0 bridgehead atoms. The van der Waals surface area contributed by atoms with Gasteiger partial charge in [-0.2, -0.15) is 0 Å². The Balaban J connectivity index is 2.05. The van der Waals surface area contributed by atoms with Gasteiger partial charge in [-0.05, 0) is 25.3 Å². The predicted molar refractivity (Wildman–Crippen MR) is 66.7 cm³/mol. The van der Waals surface area contributed by atoms with E-state index in [1.165, 1.54) is 25.4 Å². The second kappa shape index (κ2) is 4.83. The molecule has 0 atom stereocenters. The Bertz CT molecular complexity index is 509. The van der Waals surface area contributed by atoms with Crippen molar-refractivity contribution in [3.8, 4) is 5.88 Å². The number of aromatic nitrogens is 1. The third-order valence-corrected chi connectivity index (χ3v) is 4.58. The molecule has 1 fully saturated rings. The molecule has 0 spiro atoms. The molecular weight excluding hydrogens is 254 g/mol. The molecule has 1 aliphatic carbocycles. The zero-order chi connectivity index (χ0) is 13.2. The topological polar surface area (TPSA) is 94.3 Å². The lowest BCUT2D eigenvalue weighted by molar-refractivity contribution is 0.251. The van der Waals surface area contributed by atoms with E-state index in [0.29, 0.717) is 5.88 Å². The zero-order valence-corrected chi connectivity index (χ0v) is 11.0. The van der Waals surface area contributed by atoms with Crippen molar-refractivity contribution >= 4 is 10.0 Å². The first kappa shape index (κ1) is 13.3. The first-order valence-electron chi connectivity index (χ1n) is 5.74.